The first-order chi connectivity index (χ1) is 11.0. The van der Waals surface area contributed by atoms with Gasteiger partial charge in [0.05, 0.1) is 21.6 Å². The molecule has 0 spiro atoms. The van der Waals surface area contributed by atoms with Crippen LogP contribution in [0.2, 0.25) is 0 Å². The van der Waals surface area contributed by atoms with Crippen LogP contribution in [0.1, 0.15) is 5.56 Å². The monoisotopic (exact) mass is 391 g/mol. The van der Waals surface area contributed by atoms with E-state index in [-0.39, 0.29) is 18.0 Å². The predicted octanol–water partition coefficient (Wildman–Crippen LogP) is 4.15. The molecule has 1 heterocycles. The molecule has 0 aliphatic rings. The lowest BCUT2D eigenvalue weighted by Gasteiger charge is -2.01. The Labute approximate surface area is 143 Å². The molecule has 0 fully saturated rings. The molecular weight excluding hydrogens is 382 g/mol. The Balaban J connectivity index is 1.69. The van der Waals surface area contributed by atoms with Crippen LogP contribution in [0.25, 0.3) is 10.2 Å². The van der Waals surface area contributed by atoms with Gasteiger partial charge in [0.2, 0.25) is 5.91 Å². The highest BCUT2D eigenvalue weighted by Gasteiger charge is 2.10. The van der Waals surface area contributed by atoms with E-state index in [2.05, 4.69) is 26.2 Å². The number of hydrogen-bond acceptors (Lipinski definition) is 5. The van der Waals surface area contributed by atoms with Gasteiger partial charge in [-0.2, -0.15) is 0 Å². The molecular formula is C15H10BrN3O3S. The third kappa shape index (κ3) is 3.72. The topological polar surface area (TPSA) is 85.1 Å². The van der Waals surface area contributed by atoms with Crippen LogP contribution in [0.15, 0.2) is 46.9 Å². The maximum atomic E-state index is 12.1. The van der Waals surface area contributed by atoms with Crippen molar-refractivity contribution >= 4 is 54.2 Å². The van der Waals surface area contributed by atoms with Crippen LogP contribution in [0.3, 0.4) is 0 Å². The summed E-state index contributed by atoms with van der Waals surface area (Å²) in [4.78, 5) is 26.5. The predicted molar refractivity (Wildman–Crippen MR) is 92.8 cm³/mol. The molecule has 1 amide bonds. The molecule has 0 atom stereocenters. The van der Waals surface area contributed by atoms with Crippen molar-refractivity contribution in [3.8, 4) is 0 Å². The number of anilines is 1. The molecule has 0 unspecified atom stereocenters. The molecule has 0 saturated heterocycles. The number of thiazole rings is 1. The molecule has 3 rings (SSSR count). The van der Waals surface area contributed by atoms with Gasteiger partial charge in [-0.05, 0) is 23.8 Å². The van der Waals surface area contributed by atoms with E-state index in [0.717, 1.165) is 14.7 Å². The van der Waals surface area contributed by atoms with Crippen LogP contribution in [0.4, 0.5) is 10.8 Å². The zero-order valence-electron chi connectivity index (χ0n) is 11.7. The molecule has 8 heteroatoms. The maximum absolute atomic E-state index is 12.1. The summed E-state index contributed by atoms with van der Waals surface area (Å²) in [5.74, 6) is -0.211. The number of hydrogen-bond donors (Lipinski definition) is 1. The number of nitrogens with one attached hydrogen (secondary N) is 1. The number of nitrogens with zero attached hydrogens (tertiary/aromatic N) is 2. The highest BCUT2D eigenvalue weighted by Crippen LogP contribution is 2.28. The summed E-state index contributed by atoms with van der Waals surface area (Å²) < 4.78 is 1.93. The van der Waals surface area contributed by atoms with E-state index in [1.807, 2.05) is 18.2 Å². The molecule has 1 N–H and O–H groups in total. The number of carbonyl (C=O) groups excluding carboxylic acids is 1. The average Bonchev–Trinajstić information content (AvgIpc) is 2.88. The Morgan fingerprint density at radius 1 is 1.26 bits per heavy atom. The average molecular weight is 392 g/mol. The van der Waals surface area contributed by atoms with Gasteiger partial charge in [-0.3, -0.25) is 14.9 Å². The van der Waals surface area contributed by atoms with E-state index in [1.54, 1.807) is 12.1 Å². The third-order valence-electron chi connectivity index (χ3n) is 3.11. The fourth-order valence-electron chi connectivity index (χ4n) is 2.04. The number of non-ortho nitro benzene ring substituents is 1. The SMILES string of the molecule is O=C(Cc1ccc([N+](=O)[O-])cc1)Nc1nc2ccc(Br)cc2s1. The summed E-state index contributed by atoms with van der Waals surface area (Å²) in [6, 6.07) is 11.6. The van der Waals surface area contributed by atoms with Gasteiger partial charge >= 0.3 is 0 Å². The van der Waals surface area contributed by atoms with Gasteiger partial charge in [0.1, 0.15) is 0 Å². The first-order valence-electron chi connectivity index (χ1n) is 6.60. The molecule has 0 radical (unpaired) electrons. The number of halogens is 1. The number of nitro groups is 1. The first-order valence-corrected chi connectivity index (χ1v) is 8.21. The Bertz CT molecular complexity index is 893. The highest BCUT2D eigenvalue weighted by molar-refractivity contribution is 9.10. The Kier molecular flexibility index (Phi) is 4.35. The molecule has 0 saturated carbocycles. The number of fused-ring (bicyclic) bond motifs is 1. The number of carbonyl (C=O) groups is 1. The molecule has 2 aromatic carbocycles. The van der Waals surface area contributed by atoms with E-state index in [4.69, 9.17) is 0 Å². The van der Waals surface area contributed by atoms with Crippen molar-refractivity contribution in [3.63, 3.8) is 0 Å². The van der Waals surface area contributed by atoms with Gasteiger partial charge in [-0.1, -0.05) is 39.4 Å². The van der Waals surface area contributed by atoms with Crippen molar-refractivity contribution in [3.05, 3.63) is 62.6 Å². The molecule has 23 heavy (non-hydrogen) atoms. The fourth-order valence-corrected chi connectivity index (χ4v) is 3.47. The molecule has 3 aromatic rings. The van der Waals surface area contributed by atoms with Crippen LogP contribution >= 0.6 is 27.3 Å². The normalized spacial score (nSPS) is 10.7. The summed E-state index contributed by atoms with van der Waals surface area (Å²) in [6.07, 6.45) is 0.137. The van der Waals surface area contributed by atoms with E-state index < -0.39 is 4.92 Å². The van der Waals surface area contributed by atoms with Gasteiger partial charge in [0, 0.05) is 16.6 Å². The zero-order chi connectivity index (χ0) is 16.4. The number of benzene rings is 2. The lowest BCUT2D eigenvalue weighted by molar-refractivity contribution is -0.384. The second-order valence-corrected chi connectivity index (χ2v) is 6.73. The maximum Gasteiger partial charge on any atom is 0.269 e. The summed E-state index contributed by atoms with van der Waals surface area (Å²) >= 11 is 4.79. The largest absolute Gasteiger partial charge is 0.302 e. The third-order valence-corrected chi connectivity index (χ3v) is 4.54. The lowest BCUT2D eigenvalue weighted by Crippen LogP contribution is -2.14. The quantitative estimate of drug-likeness (QED) is 0.534. The number of amides is 1. The standard InChI is InChI=1S/C15H10BrN3O3S/c16-10-3-6-12-13(8-10)23-15(17-12)18-14(20)7-9-1-4-11(5-2-9)19(21)22/h1-6,8H,7H2,(H,17,18,20). The van der Waals surface area contributed by atoms with E-state index in [0.29, 0.717) is 10.7 Å². The van der Waals surface area contributed by atoms with Crippen LogP contribution in [0, 0.1) is 10.1 Å². The van der Waals surface area contributed by atoms with Crippen LogP contribution in [-0.4, -0.2) is 15.8 Å². The summed E-state index contributed by atoms with van der Waals surface area (Å²) in [6.45, 7) is 0. The molecule has 0 aliphatic carbocycles. The van der Waals surface area contributed by atoms with Gasteiger partial charge in [0.15, 0.2) is 5.13 Å². The molecule has 116 valence electrons. The van der Waals surface area contributed by atoms with Crippen molar-refractivity contribution < 1.29 is 9.72 Å². The van der Waals surface area contributed by atoms with Crippen LogP contribution in [-0.2, 0) is 11.2 Å². The number of rotatable bonds is 4. The van der Waals surface area contributed by atoms with Gasteiger partial charge < -0.3 is 5.32 Å². The molecule has 1 aromatic heterocycles. The Morgan fingerprint density at radius 3 is 2.70 bits per heavy atom. The minimum absolute atomic E-state index is 0.00547. The van der Waals surface area contributed by atoms with Crippen molar-refractivity contribution in [2.24, 2.45) is 0 Å². The van der Waals surface area contributed by atoms with Gasteiger partial charge in [0.25, 0.3) is 5.69 Å². The lowest BCUT2D eigenvalue weighted by atomic mass is 10.1. The second-order valence-electron chi connectivity index (χ2n) is 4.78. The summed E-state index contributed by atoms with van der Waals surface area (Å²) in [5, 5.41) is 13.9. The van der Waals surface area contributed by atoms with Crippen molar-refractivity contribution in [1.29, 1.82) is 0 Å². The second kappa shape index (κ2) is 6.43. The minimum Gasteiger partial charge on any atom is -0.302 e. The smallest absolute Gasteiger partial charge is 0.269 e. The number of nitro benzene ring substituents is 1. The molecule has 6 nitrogen and oxygen atoms in total. The summed E-state index contributed by atoms with van der Waals surface area (Å²) in [7, 11) is 0. The van der Waals surface area contributed by atoms with Crippen molar-refractivity contribution in [2.45, 2.75) is 6.42 Å². The van der Waals surface area contributed by atoms with Crippen LogP contribution < -0.4 is 5.32 Å². The minimum atomic E-state index is -0.469. The van der Waals surface area contributed by atoms with Gasteiger partial charge in [-0.25, -0.2) is 4.98 Å². The van der Waals surface area contributed by atoms with Crippen LogP contribution in [0.5, 0.6) is 0 Å². The van der Waals surface area contributed by atoms with Gasteiger partial charge in [-0.15, -0.1) is 0 Å². The summed E-state index contributed by atoms with van der Waals surface area (Å²) in [5.41, 5.74) is 1.53. The van der Waals surface area contributed by atoms with E-state index in [9.17, 15) is 14.9 Å². The van der Waals surface area contributed by atoms with E-state index >= 15 is 0 Å². The van der Waals surface area contributed by atoms with Crippen molar-refractivity contribution in [2.75, 3.05) is 5.32 Å². The first kappa shape index (κ1) is 15.6. The van der Waals surface area contributed by atoms with E-state index in [1.165, 1.54) is 23.5 Å². The molecule has 0 aliphatic heterocycles. The highest BCUT2D eigenvalue weighted by atomic mass is 79.9. The Hall–Kier alpha value is -2.32. The Morgan fingerprint density at radius 2 is 2.00 bits per heavy atom. The fraction of sp³-hybridized carbons (Fsp3) is 0.0667. The zero-order valence-corrected chi connectivity index (χ0v) is 14.1. The van der Waals surface area contributed by atoms with Crippen molar-refractivity contribution in [1.82, 2.24) is 4.98 Å². The molecule has 0 bridgehead atoms. The number of aromatic nitrogens is 1.